The molecule has 0 aliphatic rings. The summed E-state index contributed by atoms with van der Waals surface area (Å²) in [6.07, 6.45) is 0. The normalized spacial score (nSPS) is 10.9. The Labute approximate surface area is 110 Å². The van der Waals surface area contributed by atoms with Gasteiger partial charge in [-0.1, -0.05) is 11.2 Å². The van der Waals surface area contributed by atoms with Crippen LogP contribution in [0.15, 0.2) is 23.4 Å². The number of nitrogens with one attached hydrogen (secondary N) is 1. The lowest BCUT2D eigenvalue weighted by atomic mass is 10.1. The molecule has 1 rings (SSSR count). The minimum absolute atomic E-state index is 0.352. The van der Waals surface area contributed by atoms with Gasteiger partial charge in [0.25, 0.3) is 5.91 Å². The standard InChI is InChI=1S/C12H15N3O4/c1-7-3-4-9(8(2)15-18)10(5-7)19-6-11(16)14-12(13)17/h3-5,18H,6H2,1-2H3,(H3,13,14,16,17). The molecular formula is C12H15N3O4. The van der Waals surface area contributed by atoms with Crippen molar-refractivity contribution in [3.8, 4) is 5.75 Å². The Bertz CT molecular complexity index is 526. The zero-order chi connectivity index (χ0) is 14.4. The van der Waals surface area contributed by atoms with E-state index >= 15 is 0 Å². The van der Waals surface area contributed by atoms with Crippen LogP contribution >= 0.6 is 0 Å². The summed E-state index contributed by atoms with van der Waals surface area (Å²) in [6.45, 7) is 3.09. The first-order valence-corrected chi connectivity index (χ1v) is 5.45. The molecule has 19 heavy (non-hydrogen) atoms. The Kier molecular flexibility index (Phi) is 4.87. The number of aryl methyl sites for hydroxylation is 1. The topological polar surface area (TPSA) is 114 Å². The molecule has 7 nitrogen and oxygen atoms in total. The highest BCUT2D eigenvalue weighted by Crippen LogP contribution is 2.21. The largest absolute Gasteiger partial charge is 0.483 e. The monoisotopic (exact) mass is 265 g/mol. The zero-order valence-corrected chi connectivity index (χ0v) is 10.6. The summed E-state index contributed by atoms with van der Waals surface area (Å²) in [5, 5.41) is 13.7. The van der Waals surface area contributed by atoms with Gasteiger partial charge in [-0.15, -0.1) is 0 Å². The quantitative estimate of drug-likeness (QED) is 0.423. The molecule has 0 bridgehead atoms. The molecular weight excluding hydrogens is 250 g/mol. The van der Waals surface area contributed by atoms with Crippen molar-refractivity contribution < 1.29 is 19.5 Å². The van der Waals surface area contributed by atoms with Gasteiger partial charge in [0.1, 0.15) is 5.75 Å². The molecule has 102 valence electrons. The highest BCUT2D eigenvalue weighted by Gasteiger charge is 2.11. The van der Waals surface area contributed by atoms with E-state index in [0.29, 0.717) is 17.0 Å². The number of ether oxygens (including phenoxy) is 1. The van der Waals surface area contributed by atoms with Crippen LogP contribution in [0.1, 0.15) is 18.1 Å². The second kappa shape index (κ2) is 6.39. The van der Waals surface area contributed by atoms with Crippen molar-refractivity contribution in [3.63, 3.8) is 0 Å². The number of imide groups is 1. The van der Waals surface area contributed by atoms with Crippen LogP contribution in [0.5, 0.6) is 5.75 Å². The predicted octanol–water partition coefficient (Wildman–Crippen LogP) is 0.767. The van der Waals surface area contributed by atoms with E-state index in [1.807, 2.05) is 18.3 Å². The van der Waals surface area contributed by atoms with Gasteiger partial charge >= 0.3 is 6.03 Å². The Morgan fingerprint density at radius 3 is 2.74 bits per heavy atom. The molecule has 0 radical (unpaired) electrons. The van der Waals surface area contributed by atoms with Gasteiger partial charge in [-0.25, -0.2) is 4.79 Å². The molecule has 0 aliphatic carbocycles. The first-order valence-electron chi connectivity index (χ1n) is 5.45. The first kappa shape index (κ1) is 14.5. The van der Waals surface area contributed by atoms with Crippen LogP contribution in [-0.4, -0.2) is 29.5 Å². The molecule has 0 heterocycles. The fraction of sp³-hybridized carbons (Fsp3) is 0.250. The minimum atomic E-state index is -0.939. The Balaban J connectivity index is 2.85. The zero-order valence-electron chi connectivity index (χ0n) is 10.6. The third-order valence-electron chi connectivity index (χ3n) is 2.30. The summed E-state index contributed by atoms with van der Waals surface area (Å²) in [6, 6.07) is 4.29. The number of hydrogen-bond acceptors (Lipinski definition) is 5. The summed E-state index contributed by atoms with van der Waals surface area (Å²) in [4.78, 5) is 21.7. The van der Waals surface area contributed by atoms with Crippen molar-refractivity contribution in [3.05, 3.63) is 29.3 Å². The van der Waals surface area contributed by atoms with Gasteiger partial charge in [0.05, 0.1) is 5.71 Å². The molecule has 0 spiro atoms. The molecule has 0 aliphatic heterocycles. The van der Waals surface area contributed by atoms with Gasteiger partial charge in [0, 0.05) is 5.56 Å². The average Bonchev–Trinajstić information content (AvgIpc) is 2.34. The van der Waals surface area contributed by atoms with Crippen molar-refractivity contribution >= 4 is 17.6 Å². The van der Waals surface area contributed by atoms with E-state index in [0.717, 1.165) is 5.56 Å². The van der Waals surface area contributed by atoms with Gasteiger partial charge in [0.15, 0.2) is 6.61 Å². The van der Waals surface area contributed by atoms with Gasteiger partial charge < -0.3 is 15.7 Å². The smallest absolute Gasteiger partial charge is 0.318 e. The number of nitrogens with zero attached hydrogens (tertiary/aromatic N) is 1. The molecule has 7 heteroatoms. The van der Waals surface area contributed by atoms with E-state index < -0.39 is 11.9 Å². The molecule has 0 unspecified atom stereocenters. The number of hydrogen-bond donors (Lipinski definition) is 3. The van der Waals surface area contributed by atoms with E-state index in [9.17, 15) is 9.59 Å². The second-order valence-corrected chi connectivity index (χ2v) is 3.89. The van der Waals surface area contributed by atoms with Crippen LogP contribution < -0.4 is 15.8 Å². The van der Waals surface area contributed by atoms with E-state index in [1.165, 1.54) is 0 Å². The SMILES string of the molecule is CC(=NO)c1ccc(C)cc1OCC(=O)NC(N)=O. The second-order valence-electron chi connectivity index (χ2n) is 3.89. The van der Waals surface area contributed by atoms with Crippen LogP contribution in [0.2, 0.25) is 0 Å². The van der Waals surface area contributed by atoms with E-state index in [2.05, 4.69) is 5.16 Å². The number of carbonyl (C=O) groups excluding carboxylic acids is 2. The van der Waals surface area contributed by atoms with Crippen LogP contribution in [0.25, 0.3) is 0 Å². The number of rotatable bonds is 4. The van der Waals surface area contributed by atoms with Crippen molar-refractivity contribution in [1.29, 1.82) is 0 Å². The van der Waals surface area contributed by atoms with E-state index in [4.69, 9.17) is 15.7 Å². The fourth-order valence-corrected chi connectivity index (χ4v) is 1.42. The average molecular weight is 265 g/mol. The third kappa shape index (κ3) is 4.30. The maximum absolute atomic E-state index is 11.2. The lowest BCUT2D eigenvalue weighted by molar-refractivity contribution is -0.121. The minimum Gasteiger partial charge on any atom is -0.483 e. The van der Waals surface area contributed by atoms with Gasteiger partial charge in [-0.05, 0) is 31.5 Å². The number of oxime groups is 1. The van der Waals surface area contributed by atoms with Crippen molar-refractivity contribution in [2.45, 2.75) is 13.8 Å². The van der Waals surface area contributed by atoms with Crippen molar-refractivity contribution in [1.82, 2.24) is 5.32 Å². The molecule has 0 aromatic heterocycles. The molecule has 1 aromatic rings. The molecule has 3 amide bonds. The number of primary amides is 1. The Morgan fingerprint density at radius 2 is 2.16 bits per heavy atom. The highest BCUT2D eigenvalue weighted by atomic mass is 16.5. The van der Waals surface area contributed by atoms with Gasteiger partial charge in [0.2, 0.25) is 0 Å². The summed E-state index contributed by atoms with van der Waals surface area (Å²) in [7, 11) is 0. The molecule has 1 aromatic carbocycles. The number of amides is 3. The summed E-state index contributed by atoms with van der Waals surface area (Å²) in [5.74, 6) is -0.270. The maximum atomic E-state index is 11.2. The number of carbonyl (C=O) groups is 2. The first-order chi connectivity index (χ1) is 8.93. The van der Waals surface area contributed by atoms with E-state index in [1.54, 1.807) is 19.1 Å². The van der Waals surface area contributed by atoms with E-state index in [-0.39, 0.29) is 6.61 Å². The fourth-order valence-electron chi connectivity index (χ4n) is 1.42. The lowest BCUT2D eigenvalue weighted by Gasteiger charge is -2.11. The van der Waals surface area contributed by atoms with Crippen LogP contribution in [-0.2, 0) is 4.79 Å². The maximum Gasteiger partial charge on any atom is 0.318 e. The summed E-state index contributed by atoms with van der Waals surface area (Å²) < 4.78 is 5.29. The molecule has 4 N–H and O–H groups in total. The van der Waals surface area contributed by atoms with Crippen LogP contribution in [0.3, 0.4) is 0 Å². The number of benzene rings is 1. The number of urea groups is 1. The Hall–Kier alpha value is -2.57. The molecule has 0 saturated heterocycles. The molecule has 0 fully saturated rings. The van der Waals surface area contributed by atoms with Crippen LogP contribution in [0.4, 0.5) is 4.79 Å². The van der Waals surface area contributed by atoms with Crippen molar-refractivity contribution in [2.75, 3.05) is 6.61 Å². The van der Waals surface area contributed by atoms with Crippen molar-refractivity contribution in [2.24, 2.45) is 10.9 Å². The number of nitrogens with two attached hydrogens (primary N) is 1. The molecule has 0 saturated carbocycles. The predicted molar refractivity (Wildman–Crippen MR) is 68.4 cm³/mol. The lowest BCUT2D eigenvalue weighted by Crippen LogP contribution is -2.38. The van der Waals surface area contributed by atoms with Gasteiger partial charge in [-0.3, -0.25) is 10.1 Å². The third-order valence-corrected chi connectivity index (χ3v) is 2.30. The van der Waals surface area contributed by atoms with Crippen LogP contribution in [0, 0.1) is 6.92 Å². The molecule has 0 atom stereocenters. The Morgan fingerprint density at radius 1 is 1.47 bits per heavy atom. The summed E-state index contributed by atoms with van der Waals surface area (Å²) >= 11 is 0. The highest BCUT2D eigenvalue weighted by molar-refractivity contribution is 6.01. The summed E-state index contributed by atoms with van der Waals surface area (Å²) in [5.41, 5.74) is 6.63. The van der Waals surface area contributed by atoms with Gasteiger partial charge in [-0.2, -0.15) is 0 Å².